The van der Waals surface area contributed by atoms with Gasteiger partial charge in [0.1, 0.15) is 5.76 Å². The Bertz CT molecular complexity index is 653. The van der Waals surface area contributed by atoms with E-state index in [1.54, 1.807) is 12.1 Å². The molecule has 1 aromatic heterocycles. The third-order valence-electron chi connectivity index (χ3n) is 3.22. The molecule has 0 saturated carbocycles. The van der Waals surface area contributed by atoms with Gasteiger partial charge in [-0.15, -0.1) is 0 Å². The summed E-state index contributed by atoms with van der Waals surface area (Å²) in [7, 11) is 0. The van der Waals surface area contributed by atoms with Gasteiger partial charge < -0.3 is 9.73 Å². The molecule has 0 unspecified atom stereocenters. The fourth-order valence-electron chi connectivity index (χ4n) is 1.93. The molecule has 0 radical (unpaired) electrons. The first-order chi connectivity index (χ1) is 9.45. The van der Waals surface area contributed by atoms with Gasteiger partial charge in [0, 0.05) is 11.4 Å². The molecule has 1 aromatic carbocycles. The van der Waals surface area contributed by atoms with Crippen LogP contribution in [0.5, 0.6) is 0 Å². The summed E-state index contributed by atoms with van der Waals surface area (Å²) in [5.74, 6) is 1.05. The van der Waals surface area contributed by atoms with Crippen LogP contribution < -0.4 is 5.32 Å². The highest BCUT2D eigenvalue weighted by Gasteiger charge is 2.11. The lowest BCUT2D eigenvalue weighted by atomic mass is 10.1. The van der Waals surface area contributed by atoms with E-state index >= 15 is 0 Å². The third-order valence-corrected chi connectivity index (χ3v) is 3.22. The van der Waals surface area contributed by atoms with Gasteiger partial charge in [-0.2, -0.15) is 0 Å². The standard InChI is InChI=1S/C17H19NO2/c1-11-5-7-15(9-12(11)2)18-13(3)10-16(19)17-8-6-14(4)20-17/h5-9,18H,3,10H2,1-2,4H3. The number of furan rings is 1. The van der Waals surface area contributed by atoms with Gasteiger partial charge in [0.25, 0.3) is 0 Å². The first-order valence-corrected chi connectivity index (χ1v) is 6.57. The molecule has 0 fully saturated rings. The minimum absolute atomic E-state index is 0.0700. The SMILES string of the molecule is C=C(CC(=O)c1ccc(C)o1)Nc1ccc(C)c(C)c1. The van der Waals surface area contributed by atoms with E-state index in [0.717, 1.165) is 11.4 Å². The number of carbonyl (C=O) groups is 1. The molecule has 3 nitrogen and oxygen atoms in total. The number of allylic oxidation sites excluding steroid dienone is 1. The molecule has 0 bridgehead atoms. The summed E-state index contributed by atoms with van der Waals surface area (Å²) in [6.07, 6.45) is 0.222. The third kappa shape index (κ3) is 3.38. The van der Waals surface area contributed by atoms with Gasteiger partial charge in [-0.05, 0) is 56.2 Å². The van der Waals surface area contributed by atoms with Crippen LogP contribution in [-0.4, -0.2) is 5.78 Å². The summed E-state index contributed by atoms with van der Waals surface area (Å²) in [6, 6.07) is 9.55. The van der Waals surface area contributed by atoms with Crippen molar-refractivity contribution in [2.75, 3.05) is 5.32 Å². The normalized spacial score (nSPS) is 10.3. The van der Waals surface area contributed by atoms with Crippen molar-refractivity contribution < 1.29 is 9.21 Å². The predicted octanol–water partition coefficient (Wildman–Crippen LogP) is 4.40. The Hall–Kier alpha value is -2.29. The number of Topliss-reactive ketones (excluding diaryl/α,β-unsaturated/α-hetero) is 1. The number of benzene rings is 1. The topological polar surface area (TPSA) is 42.2 Å². The Morgan fingerprint density at radius 3 is 2.50 bits per heavy atom. The van der Waals surface area contributed by atoms with Gasteiger partial charge in [-0.1, -0.05) is 12.6 Å². The molecular weight excluding hydrogens is 250 g/mol. The lowest BCUT2D eigenvalue weighted by molar-refractivity contribution is 0.0965. The second kappa shape index (κ2) is 5.78. The second-order valence-corrected chi connectivity index (χ2v) is 5.04. The van der Waals surface area contributed by atoms with Crippen molar-refractivity contribution in [2.24, 2.45) is 0 Å². The molecule has 104 valence electrons. The summed E-state index contributed by atoms with van der Waals surface area (Å²) in [5, 5.41) is 3.16. The molecule has 0 aliphatic carbocycles. The summed E-state index contributed by atoms with van der Waals surface area (Å²) in [5.41, 5.74) is 4.05. The molecule has 0 aliphatic heterocycles. The number of anilines is 1. The zero-order valence-corrected chi connectivity index (χ0v) is 12.1. The number of rotatable bonds is 5. The van der Waals surface area contributed by atoms with Crippen LogP contribution >= 0.6 is 0 Å². The van der Waals surface area contributed by atoms with Crippen molar-refractivity contribution in [1.82, 2.24) is 0 Å². The van der Waals surface area contributed by atoms with Crippen LogP contribution in [0.25, 0.3) is 0 Å². The summed E-state index contributed by atoms with van der Waals surface area (Å²) < 4.78 is 5.31. The highest BCUT2D eigenvalue weighted by atomic mass is 16.3. The van der Waals surface area contributed by atoms with Crippen LogP contribution in [0.15, 0.2) is 47.0 Å². The number of nitrogens with one attached hydrogen (secondary N) is 1. The molecular formula is C17H19NO2. The summed E-state index contributed by atoms with van der Waals surface area (Å²) >= 11 is 0. The van der Waals surface area contributed by atoms with E-state index in [2.05, 4.69) is 25.7 Å². The number of hydrogen-bond acceptors (Lipinski definition) is 3. The second-order valence-electron chi connectivity index (χ2n) is 5.04. The van der Waals surface area contributed by atoms with E-state index in [1.165, 1.54) is 11.1 Å². The van der Waals surface area contributed by atoms with E-state index in [4.69, 9.17) is 4.42 Å². The molecule has 0 saturated heterocycles. The average Bonchev–Trinajstić information content (AvgIpc) is 2.80. The van der Waals surface area contributed by atoms with E-state index < -0.39 is 0 Å². The Labute approximate surface area is 119 Å². The molecule has 0 aliphatic rings. The Kier molecular flexibility index (Phi) is 4.08. The first-order valence-electron chi connectivity index (χ1n) is 6.57. The van der Waals surface area contributed by atoms with Crippen molar-refractivity contribution in [3.63, 3.8) is 0 Å². The summed E-state index contributed by atoms with van der Waals surface area (Å²) in [6.45, 7) is 9.84. The van der Waals surface area contributed by atoms with Crippen molar-refractivity contribution in [2.45, 2.75) is 27.2 Å². The minimum Gasteiger partial charge on any atom is -0.458 e. The molecule has 1 heterocycles. The highest BCUT2D eigenvalue weighted by Crippen LogP contribution is 2.18. The Balaban J connectivity index is 1.98. The van der Waals surface area contributed by atoms with Gasteiger partial charge in [-0.25, -0.2) is 0 Å². The van der Waals surface area contributed by atoms with Crippen LogP contribution in [0.1, 0.15) is 33.9 Å². The molecule has 2 aromatic rings. The highest BCUT2D eigenvalue weighted by molar-refractivity contribution is 5.95. The molecule has 2 rings (SSSR count). The van der Waals surface area contributed by atoms with E-state index in [9.17, 15) is 4.79 Å². The van der Waals surface area contributed by atoms with Crippen LogP contribution in [0.4, 0.5) is 5.69 Å². The molecule has 3 heteroatoms. The number of aryl methyl sites for hydroxylation is 3. The zero-order valence-electron chi connectivity index (χ0n) is 12.1. The van der Waals surface area contributed by atoms with Crippen LogP contribution in [0, 0.1) is 20.8 Å². The minimum atomic E-state index is -0.0700. The van der Waals surface area contributed by atoms with Gasteiger partial charge in [0.05, 0.1) is 6.42 Å². The Morgan fingerprint density at radius 1 is 1.15 bits per heavy atom. The molecule has 0 spiro atoms. The quantitative estimate of drug-likeness (QED) is 0.818. The van der Waals surface area contributed by atoms with Crippen molar-refractivity contribution >= 4 is 11.5 Å². The maximum absolute atomic E-state index is 12.0. The molecule has 0 amide bonds. The fraction of sp³-hybridized carbons (Fsp3) is 0.235. The van der Waals surface area contributed by atoms with Gasteiger partial charge in [0.2, 0.25) is 5.78 Å². The maximum Gasteiger partial charge on any atom is 0.203 e. The monoisotopic (exact) mass is 269 g/mol. The van der Waals surface area contributed by atoms with E-state index in [0.29, 0.717) is 11.5 Å². The maximum atomic E-state index is 12.0. The zero-order chi connectivity index (χ0) is 14.7. The lowest BCUT2D eigenvalue weighted by Gasteiger charge is -2.10. The predicted molar refractivity (Wildman–Crippen MR) is 81.1 cm³/mol. The van der Waals surface area contributed by atoms with Crippen molar-refractivity contribution in [1.29, 1.82) is 0 Å². The fourth-order valence-corrected chi connectivity index (χ4v) is 1.93. The first kappa shape index (κ1) is 14.1. The van der Waals surface area contributed by atoms with Gasteiger partial charge in [0.15, 0.2) is 5.76 Å². The largest absolute Gasteiger partial charge is 0.458 e. The van der Waals surface area contributed by atoms with E-state index in [-0.39, 0.29) is 12.2 Å². The van der Waals surface area contributed by atoms with Crippen LogP contribution in [0.2, 0.25) is 0 Å². The number of hydrogen-bond donors (Lipinski definition) is 1. The smallest absolute Gasteiger partial charge is 0.203 e. The average molecular weight is 269 g/mol. The van der Waals surface area contributed by atoms with Crippen molar-refractivity contribution in [3.05, 3.63) is 65.3 Å². The molecule has 1 N–H and O–H groups in total. The van der Waals surface area contributed by atoms with Crippen molar-refractivity contribution in [3.8, 4) is 0 Å². The molecule has 20 heavy (non-hydrogen) atoms. The Morgan fingerprint density at radius 2 is 1.90 bits per heavy atom. The molecule has 0 atom stereocenters. The van der Waals surface area contributed by atoms with Crippen LogP contribution in [0.3, 0.4) is 0 Å². The van der Waals surface area contributed by atoms with Crippen LogP contribution in [-0.2, 0) is 0 Å². The number of ketones is 1. The number of carbonyl (C=O) groups excluding carboxylic acids is 1. The van der Waals surface area contributed by atoms with E-state index in [1.807, 2.05) is 25.1 Å². The van der Waals surface area contributed by atoms with Gasteiger partial charge >= 0.3 is 0 Å². The lowest BCUT2D eigenvalue weighted by Crippen LogP contribution is -2.05. The summed E-state index contributed by atoms with van der Waals surface area (Å²) in [4.78, 5) is 12.0. The van der Waals surface area contributed by atoms with Gasteiger partial charge in [-0.3, -0.25) is 4.79 Å².